The highest BCUT2D eigenvalue weighted by atomic mass is 32.2. The van der Waals surface area contributed by atoms with Gasteiger partial charge in [-0.25, -0.2) is 0 Å². The molecule has 39 heavy (non-hydrogen) atoms. The van der Waals surface area contributed by atoms with E-state index in [9.17, 15) is 9.59 Å². The first-order chi connectivity index (χ1) is 19.0. The van der Waals surface area contributed by atoms with E-state index in [0.29, 0.717) is 23.9 Å². The van der Waals surface area contributed by atoms with Crippen LogP contribution < -0.4 is 19.7 Å². The highest BCUT2D eigenvalue weighted by molar-refractivity contribution is 8.00. The van der Waals surface area contributed by atoms with E-state index in [0.717, 1.165) is 27.9 Å². The van der Waals surface area contributed by atoms with Gasteiger partial charge in [0.2, 0.25) is 11.8 Å². The van der Waals surface area contributed by atoms with E-state index in [1.807, 2.05) is 60.7 Å². The van der Waals surface area contributed by atoms with Crippen molar-refractivity contribution in [2.75, 3.05) is 31.4 Å². The molecule has 0 aliphatic carbocycles. The summed E-state index contributed by atoms with van der Waals surface area (Å²) in [4.78, 5) is 32.2. The van der Waals surface area contributed by atoms with Gasteiger partial charge in [0.05, 0.1) is 30.9 Å². The Morgan fingerprint density at radius 2 is 1.87 bits per heavy atom. The number of carbonyl (C=O) groups is 2. The molecule has 5 rings (SSSR count). The molecular formula is C29H29N5O4S. The molecule has 0 saturated carbocycles. The maximum absolute atomic E-state index is 13.5. The molecule has 1 unspecified atom stereocenters. The highest BCUT2D eigenvalue weighted by Crippen LogP contribution is 2.48. The number of carbonyl (C=O) groups excluding carboxylic acids is 2. The molecule has 1 aliphatic heterocycles. The number of hydrogen-bond acceptors (Lipinski definition) is 7. The Morgan fingerprint density at radius 3 is 2.59 bits per heavy atom. The lowest BCUT2D eigenvalue weighted by molar-refractivity contribution is -0.123. The van der Waals surface area contributed by atoms with Crippen molar-refractivity contribution in [3.8, 4) is 22.8 Å². The Labute approximate surface area is 231 Å². The molecule has 2 amide bonds. The van der Waals surface area contributed by atoms with Crippen LogP contribution in [0.5, 0.6) is 11.5 Å². The van der Waals surface area contributed by atoms with Gasteiger partial charge < -0.3 is 14.8 Å². The lowest BCUT2D eigenvalue weighted by Gasteiger charge is -2.22. The molecule has 10 heteroatoms. The molecule has 1 N–H and O–H groups in total. The van der Waals surface area contributed by atoms with Gasteiger partial charge in [-0.3, -0.25) is 24.2 Å². The number of aryl methyl sites for hydroxylation is 1. The zero-order valence-electron chi connectivity index (χ0n) is 22.0. The summed E-state index contributed by atoms with van der Waals surface area (Å²) in [7, 11) is 5.00. The van der Waals surface area contributed by atoms with Gasteiger partial charge in [-0.05, 0) is 29.3 Å². The molecule has 0 saturated heterocycles. The molecule has 0 bridgehead atoms. The maximum Gasteiger partial charge on any atom is 0.240 e. The summed E-state index contributed by atoms with van der Waals surface area (Å²) >= 11 is 1.50. The smallest absolute Gasteiger partial charge is 0.240 e. The fourth-order valence-electron chi connectivity index (χ4n) is 4.68. The van der Waals surface area contributed by atoms with Gasteiger partial charge in [0.15, 0.2) is 11.5 Å². The summed E-state index contributed by atoms with van der Waals surface area (Å²) in [6.07, 6.45) is 3.38. The second-order valence-electron chi connectivity index (χ2n) is 9.00. The number of pyridine rings is 1. The Morgan fingerprint density at radius 1 is 1.08 bits per heavy atom. The van der Waals surface area contributed by atoms with E-state index >= 15 is 0 Å². The third kappa shape index (κ3) is 5.46. The van der Waals surface area contributed by atoms with Gasteiger partial charge in [-0.1, -0.05) is 42.5 Å². The van der Waals surface area contributed by atoms with Crippen LogP contribution in [0.2, 0.25) is 0 Å². The van der Waals surface area contributed by atoms with Gasteiger partial charge in [-0.15, -0.1) is 11.8 Å². The van der Waals surface area contributed by atoms with Gasteiger partial charge in [0.25, 0.3) is 0 Å². The second-order valence-corrected chi connectivity index (χ2v) is 10.1. The Kier molecular flexibility index (Phi) is 7.83. The summed E-state index contributed by atoms with van der Waals surface area (Å²) in [6.45, 7) is 0.199. The molecular weight excluding hydrogens is 514 g/mol. The maximum atomic E-state index is 13.5. The zero-order valence-corrected chi connectivity index (χ0v) is 22.8. The number of anilines is 1. The van der Waals surface area contributed by atoms with Gasteiger partial charge in [0, 0.05) is 37.1 Å². The van der Waals surface area contributed by atoms with Crippen molar-refractivity contribution in [2.24, 2.45) is 7.05 Å². The predicted octanol–water partition coefficient (Wildman–Crippen LogP) is 3.98. The fraction of sp³-hybridized carbons (Fsp3) is 0.241. The summed E-state index contributed by atoms with van der Waals surface area (Å²) < 4.78 is 12.7. The lowest BCUT2D eigenvalue weighted by atomic mass is 9.99. The number of nitrogens with zero attached hydrogens (tertiary/aromatic N) is 4. The Balaban J connectivity index is 1.56. The average molecular weight is 544 g/mol. The van der Waals surface area contributed by atoms with Crippen LogP contribution >= 0.6 is 11.8 Å². The van der Waals surface area contributed by atoms with E-state index in [4.69, 9.17) is 14.6 Å². The van der Waals surface area contributed by atoms with E-state index in [2.05, 4.69) is 10.3 Å². The van der Waals surface area contributed by atoms with Crippen molar-refractivity contribution in [1.29, 1.82) is 0 Å². The van der Waals surface area contributed by atoms with E-state index in [1.165, 1.54) is 11.8 Å². The standard InChI is InChI=1S/C29H29N5O4S/c1-33-29-26(27(32-33)20-9-5-4-6-10-20)28(21-11-12-22(37-2)23(14-21)38-3)39-18-25(36)34(29)17-24(35)31-16-19-8-7-13-30-15-19/h4-15,28H,16-18H2,1-3H3,(H,31,35). The summed E-state index contributed by atoms with van der Waals surface area (Å²) in [6, 6.07) is 19.3. The van der Waals surface area contributed by atoms with Crippen LogP contribution in [0, 0.1) is 0 Å². The molecule has 0 fully saturated rings. The zero-order chi connectivity index (χ0) is 27.4. The predicted molar refractivity (Wildman–Crippen MR) is 151 cm³/mol. The number of hydrogen-bond donors (Lipinski definition) is 1. The number of fused-ring (bicyclic) bond motifs is 1. The van der Waals surface area contributed by atoms with Crippen molar-refractivity contribution < 1.29 is 19.1 Å². The van der Waals surface area contributed by atoms with Crippen molar-refractivity contribution in [3.63, 3.8) is 0 Å². The quantitative estimate of drug-likeness (QED) is 0.359. The molecule has 4 aromatic rings. The first-order valence-electron chi connectivity index (χ1n) is 12.4. The number of ether oxygens (including phenoxy) is 2. The van der Waals surface area contributed by atoms with E-state index in [-0.39, 0.29) is 29.4 Å². The summed E-state index contributed by atoms with van der Waals surface area (Å²) in [5, 5.41) is 7.52. The normalized spacial score (nSPS) is 14.9. The van der Waals surface area contributed by atoms with Crippen LogP contribution in [0.4, 0.5) is 5.82 Å². The molecule has 2 aromatic heterocycles. The fourth-order valence-corrected chi connectivity index (χ4v) is 5.87. The summed E-state index contributed by atoms with van der Waals surface area (Å²) in [5.41, 5.74) is 4.38. The third-order valence-electron chi connectivity index (χ3n) is 6.52. The molecule has 200 valence electrons. The second kappa shape index (κ2) is 11.6. The van der Waals surface area contributed by atoms with Crippen LogP contribution in [0.25, 0.3) is 11.3 Å². The minimum Gasteiger partial charge on any atom is -0.493 e. The highest BCUT2D eigenvalue weighted by Gasteiger charge is 2.36. The largest absolute Gasteiger partial charge is 0.493 e. The first kappa shape index (κ1) is 26.3. The number of nitrogens with one attached hydrogen (secondary N) is 1. The number of benzene rings is 2. The van der Waals surface area contributed by atoms with E-state index < -0.39 is 0 Å². The van der Waals surface area contributed by atoms with Gasteiger partial charge in [0.1, 0.15) is 12.4 Å². The third-order valence-corrected chi connectivity index (χ3v) is 7.77. The van der Waals surface area contributed by atoms with Crippen LogP contribution in [-0.4, -0.2) is 53.1 Å². The molecule has 1 aliphatic rings. The van der Waals surface area contributed by atoms with Gasteiger partial charge >= 0.3 is 0 Å². The number of thioether (sulfide) groups is 1. The molecule has 1 atom stereocenters. The number of rotatable bonds is 8. The van der Waals surface area contributed by atoms with Crippen molar-refractivity contribution in [3.05, 3.63) is 89.7 Å². The lowest BCUT2D eigenvalue weighted by Crippen LogP contribution is -2.42. The number of amides is 2. The van der Waals surface area contributed by atoms with Crippen LogP contribution in [0.1, 0.15) is 21.9 Å². The molecule has 0 radical (unpaired) electrons. The van der Waals surface area contributed by atoms with Crippen LogP contribution in [-0.2, 0) is 23.2 Å². The monoisotopic (exact) mass is 543 g/mol. The Bertz CT molecular complexity index is 1480. The van der Waals surface area contributed by atoms with Gasteiger partial charge in [-0.2, -0.15) is 5.10 Å². The number of aromatic nitrogens is 3. The average Bonchev–Trinajstić information content (AvgIpc) is 3.24. The molecule has 0 spiro atoms. The Hall–Kier alpha value is -4.31. The summed E-state index contributed by atoms with van der Waals surface area (Å²) in [5.74, 6) is 1.58. The SMILES string of the molecule is COc1ccc(C2SCC(=O)N(CC(=O)NCc3cccnc3)c3c2c(-c2ccccc2)nn3C)cc1OC. The van der Waals surface area contributed by atoms with Crippen LogP contribution in [0.3, 0.4) is 0 Å². The minimum atomic E-state index is -0.268. The topological polar surface area (TPSA) is 98.6 Å². The molecule has 9 nitrogen and oxygen atoms in total. The van der Waals surface area contributed by atoms with Crippen molar-refractivity contribution in [1.82, 2.24) is 20.1 Å². The van der Waals surface area contributed by atoms with Crippen molar-refractivity contribution in [2.45, 2.75) is 11.8 Å². The molecule has 2 aromatic carbocycles. The minimum absolute atomic E-state index is 0.126. The first-order valence-corrected chi connectivity index (χ1v) is 13.5. The van der Waals surface area contributed by atoms with Crippen LogP contribution in [0.15, 0.2) is 73.1 Å². The van der Waals surface area contributed by atoms with E-state index in [1.54, 1.807) is 43.2 Å². The number of methoxy groups -OCH3 is 2. The molecule has 3 heterocycles. The van der Waals surface area contributed by atoms with Crippen molar-refractivity contribution >= 4 is 29.4 Å².